The summed E-state index contributed by atoms with van der Waals surface area (Å²) in [6.07, 6.45) is 2.64. The van der Waals surface area contributed by atoms with Crippen LogP contribution in [0.5, 0.6) is 0 Å². The number of aromatic nitrogens is 2. The third-order valence-electron chi connectivity index (χ3n) is 4.59. The van der Waals surface area contributed by atoms with Gasteiger partial charge in [0, 0.05) is 18.0 Å². The number of fused-ring (bicyclic) bond motifs is 1. The minimum atomic E-state index is -1.46. The summed E-state index contributed by atoms with van der Waals surface area (Å²) in [6, 6.07) is 0. The van der Waals surface area contributed by atoms with Crippen molar-refractivity contribution in [1.29, 1.82) is 0 Å². The van der Waals surface area contributed by atoms with Crippen molar-refractivity contribution < 1.29 is 9.18 Å². The van der Waals surface area contributed by atoms with E-state index in [4.69, 9.17) is 0 Å². The highest BCUT2D eigenvalue weighted by Crippen LogP contribution is 2.24. The quantitative estimate of drug-likeness (QED) is 0.828. The van der Waals surface area contributed by atoms with E-state index in [2.05, 4.69) is 15.3 Å². The minimum Gasteiger partial charge on any atom is -0.334 e. The molecule has 2 atom stereocenters. The van der Waals surface area contributed by atoms with Gasteiger partial charge >= 0.3 is 0 Å². The van der Waals surface area contributed by atoms with Crippen LogP contribution in [0, 0.1) is 5.92 Å². The Hall–Kier alpha value is -1.76. The van der Waals surface area contributed by atoms with E-state index in [1.54, 1.807) is 0 Å². The molecular formula is C15H21FN4O2. The lowest BCUT2D eigenvalue weighted by atomic mass is 9.94. The Bertz CT molecular complexity index is 595. The lowest BCUT2D eigenvalue weighted by Gasteiger charge is -2.30. The van der Waals surface area contributed by atoms with Gasteiger partial charge in [0.05, 0.1) is 18.6 Å². The van der Waals surface area contributed by atoms with E-state index in [9.17, 15) is 14.0 Å². The predicted molar refractivity (Wildman–Crippen MR) is 79.1 cm³/mol. The first kappa shape index (κ1) is 15.1. The fourth-order valence-electron chi connectivity index (χ4n) is 3.27. The summed E-state index contributed by atoms with van der Waals surface area (Å²) in [7, 11) is 0. The lowest BCUT2D eigenvalue weighted by molar-refractivity contribution is -0.139. The maximum Gasteiger partial charge on any atom is 0.257 e. The van der Waals surface area contributed by atoms with Gasteiger partial charge in [-0.25, -0.2) is 9.37 Å². The molecule has 0 radical (unpaired) electrons. The molecule has 22 heavy (non-hydrogen) atoms. The second-order valence-electron chi connectivity index (χ2n) is 6.01. The molecular weight excluding hydrogens is 287 g/mol. The second-order valence-corrected chi connectivity index (χ2v) is 6.01. The molecule has 0 aliphatic carbocycles. The number of rotatable bonds is 2. The van der Waals surface area contributed by atoms with Gasteiger partial charge in [-0.3, -0.25) is 9.59 Å². The van der Waals surface area contributed by atoms with Crippen molar-refractivity contribution in [2.45, 2.75) is 38.4 Å². The van der Waals surface area contributed by atoms with Gasteiger partial charge in [-0.05, 0) is 38.8 Å². The molecule has 2 N–H and O–H groups in total. The van der Waals surface area contributed by atoms with Gasteiger partial charge in [0.2, 0.25) is 0 Å². The molecule has 120 valence electrons. The number of H-pyrrole nitrogens is 1. The van der Waals surface area contributed by atoms with Crippen molar-refractivity contribution >= 4 is 5.91 Å². The number of nitrogens with zero attached hydrogens (tertiary/aromatic N) is 2. The molecule has 2 aliphatic heterocycles. The highest BCUT2D eigenvalue weighted by Gasteiger charge is 2.34. The van der Waals surface area contributed by atoms with E-state index in [1.807, 2.05) is 0 Å². The van der Waals surface area contributed by atoms with Crippen LogP contribution in [-0.2, 0) is 17.8 Å². The Kier molecular flexibility index (Phi) is 4.52. The van der Waals surface area contributed by atoms with Crippen molar-refractivity contribution in [2.75, 3.05) is 19.6 Å². The van der Waals surface area contributed by atoms with Crippen LogP contribution in [0.15, 0.2) is 11.1 Å². The first-order valence-corrected chi connectivity index (χ1v) is 7.86. The van der Waals surface area contributed by atoms with E-state index < -0.39 is 12.1 Å². The van der Waals surface area contributed by atoms with Gasteiger partial charge in [0.25, 0.3) is 11.5 Å². The SMILES string of the molecule is O=C(C(F)C1CCCNCC1)N1CCc2c(nc[nH]c2=O)C1. The van der Waals surface area contributed by atoms with Crippen LogP contribution < -0.4 is 10.9 Å². The lowest BCUT2D eigenvalue weighted by Crippen LogP contribution is -2.44. The van der Waals surface area contributed by atoms with Gasteiger partial charge < -0.3 is 15.2 Å². The molecule has 1 saturated heterocycles. The van der Waals surface area contributed by atoms with E-state index in [0.29, 0.717) is 30.6 Å². The Morgan fingerprint density at radius 1 is 1.41 bits per heavy atom. The van der Waals surface area contributed by atoms with Crippen molar-refractivity contribution in [3.8, 4) is 0 Å². The van der Waals surface area contributed by atoms with Gasteiger partial charge in [0.15, 0.2) is 6.17 Å². The van der Waals surface area contributed by atoms with Crippen molar-refractivity contribution in [3.63, 3.8) is 0 Å². The molecule has 0 saturated carbocycles. The van der Waals surface area contributed by atoms with Crippen LogP contribution in [0.2, 0.25) is 0 Å². The maximum atomic E-state index is 14.6. The molecule has 3 rings (SSSR count). The molecule has 1 aromatic heterocycles. The summed E-state index contributed by atoms with van der Waals surface area (Å²) in [5.74, 6) is -0.671. The second kappa shape index (κ2) is 6.56. The summed E-state index contributed by atoms with van der Waals surface area (Å²) < 4.78 is 14.6. The van der Waals surface area contributed by atoms with E-state index in [-0.39, 0.29) is 18.0 Å². The predicted octanol–water partition coefficient (Wildman–Crippen LogP) is 0.382. The average Bonchev–Trinajstić information content (AvgIpc) is 2.82. The minimum absolute atomic E-state index is 0.163. The Balaban J connectivity index is 1.69. The van der Waals surface area contributed by atoms with E-state index in [1.165, 1.54) is 11.2 Å². The molecule has 1 aromatic rings. The fourth-order valence-corrected chi connectivity index (χ4v) is 3.27. The van der Waals surface area contributed by atoms with Crippen molar-refractivity contribution in [2.24, 2.45) is 5.92 Å². The number of hydrogen-bond donors (Lipinski definition) is 2. The van der Waals surface area contributed by atoms with Crippen LogP contribution in [0.1, 0.15) is 30.5 Å². The van der Waals surface area contributed by atoms with Crippen LogP contribution in [0.25, 0.3) is 0 Å². The molecule has 3 heterocycles. The zero-order chi connectivity index (χ0) is 15.5. The third kappa shape index (κ3) is 3.04. The first-order chi connectivity index (χ1) is 10.7. The molecule has 0 bridgehead atoms. The van der Waals surface area contributed by atoms with Gasteiger partial charge in [-0.15, -0.1) is 0 Å². The Labute approximate surface area is 128 Å². The van der Waals surface area contributed by atoms with Gasteiger partial charge in [-0.2, -0.15) is 0 Å². The standard InChI is InChI=1S/C15H21FN4O2/c16-13(10-2-1-5-17-6-3-10)15(22)20-7-4-11-12(8-20)18-9-19-14(11)21/h9-10,13,17H,1-8H2,(H,18,19,21). The zero-order valence-electron chi connectivity index (χ0n) is 12.5. The van der Waals surface area contributed by atoms with Crippen LogP contribution in [-0.4, -0.2) is 46.6 Å². The number of alkyl halides is 1. The molecule has 7 heteroatoms. The normalized spacial score (nSPS) is 23.5. The molecule has 2 unspecified atom stereocenters. The summed E-state index contributed by atoms with van der Waals surface area (Å²) in [6.45, 7) is 2.26. The van der Waals surface area contributed by atoms with Crippen LogP contribution in [0.3, 0.4) is 0 Å². The number of aromatic amines is 1. The molecule has 2 aliphatic rings. The summed E-state index contributed by atoms with van der Waals surface area (Å²) in [5.41, 5.74) is 1.03. The van der Waals surface area contributed by atoms with Gasteiger partial charge in [-0.1, -0.05) is 0 Å². The van der Waals surface area contributed by atoms with Gasteiger partial charge in [0.1, 0.15) is 0 Å². The fraction of sp³-hybridized carbons (Fsp3) is 0.667. The largest absolute Gasteiger partial charge is 0.334 e. The number of carbonyl (C=O) groups excluding carboxylic acids is 1. The average molecular weight is 308 g/mol. The zero-order valence-corrected chi connectivity index (χ0v) is 12.5. The topological polar surface area (TPSA) is 78.1 Å². The smallest absolute Gasteiger partial charge is 0.257 e. The number of hydrogen-bond acceptors (Lipinski definition) is 4. The maximum absolute atomic E-state index is 14.6. The molecule has 0 spiro atoms. The number of carbonyl (C=O) groups is 1. The van der Waals surface area contributed by atoms with Crippen LogP contribution in [0.4, 0.5) is 4.39 Å². The molecule has 6 nitrogen and oxygen atoms in total. The highest BCUT2D eigenvalue weighted by atomic mass is 19.1. The van der Waals surface area contributed by atoms with E-state index in [0.717, 1.165) is 25.9 Å². The Morgan fingerprint density at radius 2 is 2.27 bits per heavy atom. The number of nitrogens with one attached hydrogen (secondary N) is 2. The summed E-state index contributed by atoms with van der Waals surface area (Å²) in [5, 5.41) is 3.23. The van der Waals surface area contributed by atoms with Crippen molar-refractivity contribution in [3.05, 3.63) is 27.9 Å². The third-order valence-corrected chi connectivity index (χ3v) is 4.59. The molecule has 0 aromatic carbocycles. The summed E-state index contributed by atoms with van der Waals surface area (Å²) >= 11 is 0. The number of halogens is 1. The highest BCUT2D eigenvalue weighted by molar-refractivity contribution is 5.81. The number of amides is 1. The monoisotopic (exact) mass is 308 g/mol. The molecule has 1 amide bonds. The van der Waals surface area contributed by atoms with Crippen molar-refractivity contribution in [1.82, 2.24) is 20.2 Å². The van der Waals surface area contributed by atoms with E-state index >= 15 is 0 Å². The molecule has 1 fully saturated rings. The van der Waals surface area contributed by atoms with Crippen LogP contribution >= 0.6 is 0 Å². The Morgan fingerprint density at radius 3 is 3.14 bits per heavy atom. The summed E-state index contributed by atoms with van der Waals surface area (Å²) in [4.78, 5) is 32.3. The first-order valence-electron chi connectivity index (χ1n) is 7.86.